The number of carbonyl (C=O) groups excluding carboxylic acids is 1. The van der Waals surface area contributed by atoms with Gasteiger partial charge in [-0.05, 0) is 36.7 Å². The van der Waals surface area contributed by atoms with Crippen molar-refractivity contribution in [3.05, 3.63) is 34.3 Å². The minimum Gasteiger partial charge on any atom is -0.352 e. The van der Waals surface area contributed by atoms with Crippen LogP contribution in [0.4, 0.5) is 0 Å². The standard InChI is InChI=1S/C13H17BrN2O.ClH/c1-9(11-7-15-8-11)13(17)16-6-10-3-2-4-12(14)5-10;/h2-5,9,11,15H,6-8H2,1H3,(H,16,17);1H. The molecule has 0 radical (unpaired) electrons. The van der Waals surface area contributed by atoms with Crippen molar-refractivity contribution in [1.82, 2.24) is 10.6 Å². The molecule has 1 aromatic rings. The van der Waals surface area contributed by atoms with Crippen LogP contribution in [0.3, 0.4) is 0 Å². The lowest BCUT2D eigenvalue weighted by molar-refractivity contribution is -0.126. The van der Waals surface area contributed by atoms with E-state index in [1.54, 1.807) is 0 Å². The first-order valence-electron chi connectivity index (χ1n) is 5.89. The number of carbonyl (C=O) groups is 1. The molecule has 1 amide bonds. The van der Waals surface area contributed by atoms with Gasteiger partial charge in [-0.2, -0.15) is 0 Å². The van der Waals surface area contributed by atoms with Crippen LogP contribution in [0.2, 0.25) is 0 Å². The highest BCUT2D eigenvalue weighted by molar-refractivity contribution is 9.10. The van der Waals surface area contributed by atoms with E-state index in [4.69, 9.17) is 0 Å². The predicted octanol–water partition coefficient (Wildman–Crippen LogP) is 2.34. The Morgan fingerprint density at radius 2 is 2.28 bits per heavy atom. The summed E-state index contributed by atoms with van der Waals surface area (Å²) in [4.78, 5) is 11.9. The molecule has 0 aliphatic carbocycles. The van der Waals surface area contributed by atoms with Gasteiger partial charge in [0.1, 0.15) is 0 Å². The second kappa shape index (κ2) is 7.12. The van der Waals surface area contributed by atoms with Gasteiger partial charge in [-0.15, -0.1) is 12.4 Å². The molecule has 0 aromatic heterocycles. The highest BCUT2D eigenvalue weighted by atomic mass is 79.9. The predicted molar refractivity (Wildman–Crippen MR) is 78.8 cm³/mol. The first-order chi connectivity index (χ1) is 8.16. The van der Waals surface area contributed by atoms with E-state index in [1.165, 1.54) is 0 Å². The van der Waals surface area contributed by atoms with Gasteiger partial charge in [0.25, 0.3) is 0 Å². The molecule has 100 valence electrons. The van der Waals surface area contributed by atoms with Crippen LogP contribution in [0.25, 0.3) is 0 Å². The molecule has 1 aromatic carbocycles. The monoisotopic (exact) mass is 332 g/mol. The average Bonchev–Trinajstić information content (AvgIpc) is 2.23. The Balaban J connectivity index is 0.00000162. The van der Waals surface area contributed by atoms with Gasteiger partial charge >= 0.3 is 0 Å². The van der Waals surface area contributed by atoms with Crippen LogP contribution >= 0.6 is 28.3 Å². The SMILES string of the molecule is CC(C(=O)NCc1cccc(Br)c1)C1CNC1.Cl. The molecule has 2 N–H and O–H groups in total. The maximum absolute atomic E-state index is 11.9. The molecule has 0 spiro atoms. The Labute approximate surface area is 122 Å². The van der Waals surface area contributed by atoms with E-state index in [2.05, 4.69) is 26.6 Å². The smallest absolute Gasteiger partial charge is 0.223 e. The third-order valence-corrected chi connectivity index (χ3v) is 3.78. The van der Waals surface area contributed by atoms with Crippen LogP contribution in [0, 0.1) is 11.8 Å². The summed E-state index contributed by atoms with van der Waals surface area (Å²) in [6.07, 6.45) is 0. The Kier molecular flexibility index (Phi) is 6.12. The zero-order chi connectivity index (χ0) is 12.3. The Bertz CT molecular complexity index is 410. The average molecular weight is 334 g/mol. The van der Waals surface area contributed by atoms with E-state index in [9.17, 15) is 4.79 Å². The molecule has 1 aliphatic rings. The van der Waals surface area contributed by atoms with Crippen molar-refractivity contribution < 1.29 is 4.79 Å². The zero-order valence-corrected chi connectivity index (χ0v) is 12.7. The van der Waals surface area contributed by atoms with Crippen LogP contribution in [-0.4, -0.2) is 19.0 Å². The first-order valence-corrected chi connectivity index (χ1v) is 6.69. The molecule has 0 bridgehead atoms. The topological polar surface area (TPSA) is 41.1 Å². The molecule has 1 fully saturated rings. The first kappa shape index (κ1) is 15.5. The van der Waals surface area contributed by atoms with Crippen molar-refractivity contribution in [2.24, 2.45) is 11.8 Å². The second-order valence-electron chi connectivity index (χ2n) is 4.55. The zero-order valence-electron chi connectivity index (χ0n) is 10.3. The van der Waals surface area contributed by atoms with Gasteiger partial charge in [-0.1, -0.05) is 35.0 Å². The molecule has 1 atom stereocenters. The van der Waals surface area contributed by atoms with Crippen LogP contribution in [0.1, 0.15) is 12.5 Å². The fourth-order valence-corrected chi connectivity index (χ4v) is 2.32. The summed E-state index contributed by atoms with van der Waals surface area (Å²) in [6, 6.07) is 8.00. The van der Waals surface area contributed by atoms with Crippen molar-refractivity contribution in [2.45, 2.75) is 13.5 Å². The van der Waals surface area contributed by atoms with E-state index in [0.29, 0.717) is 12.5 Å². The number of rotatable bonds is 4. The summed E-state index contributed by atoms with van der Waals surface area (Å²) in [5.41, 5.74) is 1.12. The van der Waals surface area contributed by atoms with Gasteiger partial charge in [0.05, 0.1) is 0 Å². The van der Waals surface area contributed by atoms with E-state index in [-0.39, 0.29) is 24.2 Å². The molecule has 2 rings (SSSR count). The maximum Gasteiger partial charge on any atom is 0.223 e. The molecule has 3 nitrogen and oxygen atoms in total. The highest BCUT2D eigenvalue weighted by Crippen LogP contribution is 2.16. The number of nitrogens with one attached hydrogen (secondary N) is 2. The van der Waals surface area contributed by atoms with Gasteiger partial charge in [-0.3, -0.25) is 4.79 Å². The summed E-state index contributed by atoms with van der Waals surface area (Å²) in [5, 5.41) is 6.18. The molecular weight excluding hydrogens is 316 g/mol. The molecule has 0 saturated carbocycles. The van der Waals surface area contributed by atoms with Crippen LogP contribution < -0.4 is 10.6 Å². The lowest BCUT2D eigenvalue weighted by Crippen LogP contribution is -2.49. The quantitative estimate of drug-likeness (QED) is 0.888. The largest absolute Gasteiger partial charge is 0.352 e. The van der Waals surface area contributed by atoms with Crippen molar-refractivity contribution >= 4 is 34.2 Å². The molecule has 18 heavy (non-hydrogen) atoms. The Morgan fingerprint density at radius 1 is 1.56 bits per heavy atom. The summed E-state index contributed by atoms with van der Waals surface area (Å²) >= 11 is 3.42. The number of halogens is 2. The van der Waals surface area contributed by atoms with E-state index in [1.807, 2.05) is 31.2 Å². The minimum atomic E-state index is 0. The van der Waals surface area contributed by atoms with Crippen molar-refractivity contribution in [2.75, 3.05) is 13.1 Å². The van der Waals surface area contributed by atoms with Gasteiger partial charge in [0, 0.05) is 16.9 Å². The number of benzene rings is 1. The normalized spacial score (nSPS) is 16.3. The van der Waals surface area contributed by atoms with Crippen LogP contribution in [0.15, 0.2) is 28.7 Å². The van der Waals surface area contributed by atoms with Crippen LogP contribution in [0.5, 0.6) is 0 Å². The molecule has 1 aliphatic heterocycles. The minimum absolute atomic E-state index is 0. The fourth-order valence-electron chi connectivity index (χ4n) is 1.88. The lowest BCUT2D eigenvalue weighted by atomic mass is 9.88. The van der Waals surface area contributed by atoms with Crippen molar-refractivity contribution in [1.29, 1.82) is 0 Å². The molecular formula is C13H18BrClN2O. The van der Waals surface area contributed by atoms with Crippen LogP contribution in [-0.2, 0) is 11.3 Å². The van der Waals surface area contributed by atoms with Crippen molar-refractivity contribution in [3.8, 4) is 0 Å². The molecule has 1 heterocycles. The summed E-state index contributed by atoms with van der Waals surface area (Å²) in [5.74, 6) is 0.748. The molecule has 1 unspecified atom stereocenters. The number of amides is 1. The number of hydrogen-bond acceptors (Lipinski definition) is 2. The highest BCUT2D eigenvalue weighted by Gasteiger charge is 2.28. The number of hydrogen-bond donors (Lipinski definition) is 2. The van der Waals surface area contributed by atoms with Gasteiger partial charge in [0.2, 0.25) is 5.91 Å². The maximum atomic E-state index is 11.9. The summed E-state index contributed by atoms with van der Waals surface area (Å²) in [6.45, 7) is 4.53. The second-order valence-corrected chi connectivity index (χ2v) is 5.47. The molecule has 1 saturated heterocycles. The van der Waals surface area contributed by atoms with Gasteiger partial charge in [0.15, 0.2) is 0 Å². The van der Waals surface area contributed by atoms with E-state index < -0.39 is 0 Å². The van der Waals surface area contributed by atoms with Crippen molar-refractivity contribution in [3.63, 3.8) is 0 Å². The molecule has 5 heteroatoms. The third-order valence-electron chi connectivity index (χ3n) is 3.29. The van der Waals surface area contributed by atoms with Gasteiger partial charge in [-0.25, -0.2) is 0 Å². The Morgan fingerprint density at radius 3 is 2.83 bits per heavy atom. The summed E-state index contributed by atoms with van der Waals surface area (Å²) < 4.78 is 1.04. The Hall–Kier alpha value is -0.580. The van der Waals surface area contributed by atoms with E-state index >= 15 is 0 Å². The lowest BCUT2D eigenvalue weighted by Gasteiger charge is -2.31. The summed E-state index contributed by atoms with van der Waals surface area (Å²) in [7, 11) is 0. The van der Waals surface area contributed by atoms with Gasteiger partial charge < -0.3 is 10.6 Å². The van der Waals surface area contributed by atoms with E-state index in [0.717, 1.165) is 23.1 Å². The fraction of sp³-hybridized carbons (Fsp3) is 0.462. The third kappa shape index (κ3) is 3.97.